The van der Waals surface area contributed by atoms with Gasteiger partial charge in [-0.25, -0.2) is 9.59 Å². The Bertz CT molecular complexity index is 655. The van der Waals surface area contributed by atoms with Gasteiger partial charge in [0.25, 0.3) is 5.97 Å². The normalized spacial score (nSPS) is 28.4. The average Bonchev–Trinajstić information content (AvgIpc) is 2.90. The van der Waals surface area contributed by atoms with Crippen molar-refractivity contribution in [3.8, 4) is 0 Å². The van der Waals surface area contributed by atoms with Crippen LogP contribution < -0.4 is 5.32 Å². The third-order valence-electron chi connectivity index (χ3n) is 3.56. The molecular weight excluding hydrogens is 441 g/mol. The first-order valence-electron chi connectivity index (χ1n) is 8.27. The van der Waals surface area contributed by atoms with Gasteiger partial charge in [0.1, 0.15) is 0 Å². The topological polar surface area (TPSA) is 153 Å². The van der Waals surface area contributed by atoms with Gasteiger partial charge < -0.3 is 33.7 Å². The molecule has 5 atom stereocenters. The Morgan fingerprint density at radius 1 is 1.03 bits per heavy atom. The maximum Gasteiger partial charge on any atom is 0.415 e. The third kappa shape index (κ3) is 7.60. The van der Waals surface area contributed by atoms with E-state index in [0.717, 1.165) is 13.8 Å². The molecule has 0 aliphatic carbocycles. The molecular formula is C16H20CoNO11-. The fourth-order valence-corrected chi connectivity index (χ4v) is 2.51. The van der Waals surface area contributed by atoms with Crippen LogP contribution in [0.15, 0.2) is 0 Å². The van der Waals surface area contributed by atoms with Gasteiger partial charge in [-0.2, -0.15) is 0 Å². The first kappa shape index (κ1) is 24.8. The average molecular weight is 461 g/mol. The summed E-state index contributed by atoms with van der Waals surface area (Å²) in [5.74, 6) is -2.75. The van der Waals surface area contributed by atoms with Gasteiger partial charge >= 0.3 is 24.0 Å². The Balaban J connectivity index is 0.00000420. The number of hydrogen-bond acceptors (Lipinski definition) is 11. The summed E-state index contributed by atoms with van der Waals surface area (Å²) >= 11 is 0. The van der Waals surface area contributed by atoms with Crippen molar-refractivity contribution < 1.29 is 69.2 Å². The second-order valence-corrected chi connectivity index (χ2v) is 5.92. The molecule has 13 heteroatoms. The van der Waals surface area contributed by atoms with Crippen LogP contribution in [-0.4, -0.2) is 73.8 Å². The number of nitrogens with one attached hydrogen (secondary N) is 1. The molecule has 0 aromatic heterocycles. The molecule has 2 fully saturated rings. The molecule has 12 nitrogen and oxygen atoms in total. The monoisotopic (exact) mass is 461 g/mol. The minimum absolute atomic E-state index is 0. The van der Waals surface area contributed by atoms with Crippen molar-refractivity contribution in [2.24, 2.45) is 0 Å². The Hall–Kier alpha value is -2.22. The van der Waals surface area contributed by atoms with Gasteiger partial charge in [-0.1, -0.05) is 0 Å². The minimum Gasteiger partial charge on any atom is -0.491 e. The summed E-state index contributed by atoms with van der Waals surface area (Å²) in [6, 6.07) is -1.08. The van der Waals surface area contributed by atoms with Crippen LogP contribution in [0.3, 0.4) is 0 Å². The number of esters is 4. The molecule has 1 N–H and O–H groups in total. The molecule has 0 bridgehead atoms. The predicted molar refractivity (Wildman–Crippen MR) is 85.1 cm³/mol. The van der Waals surface area contributed by atoms with Crippen LogP contribution in [0, 0.1) is 6.42 Å². The largest absolute Gasteiger partial charge is 0.491 e. The fourth-order valence-electron chi connectivity index (χ4n) is 2.51. The van der Waals surface area contributed by atoms with Gasteiger partial charge in [-0.05, 0) is 6.10 Å². The smallest absolute Gasteiger partial charge is 0.415 e. The van der Waals surface area contributed by atoms with Crippen LogP contribution >= 0.6 is 0 Å². The van der Waals surface area contributed by atoms with E-state index >= 15 is 0 Å². The molecule has 1 amide bonds. The summed E-state index contributed by atoms with van der Waals surface area (Å²) in [7, 11) is 0. The molecule has 2 saturated heterocycles. The molecule has 2 aliphatic heterocycles. The minimum atomic E-state index is -1.29. The molecule has 0 aromatic rings. The summed E-state index contributed by atoms with van der Waals surface area (Å²) in [5.41, 5.74) is 0. The van der Waals surface area contributed by atoms with Crippen LogP contribution in [0.1, 0.15) is 20.8 Å². The molecule has 0 spiro atoms. The number of ether oxygens (including phenoxy) is 6. The van der Waals surface area contributed by atoms with E-state index in [-0.39, 0.29) is 30.0 Å². The molecule has 0 saturated carbocycles. The molecule has 2 rings (SSSR count). The summed E-state index contributed by atoms with van der Waals surface area (Å²) in [6.45, 7) is 2.94. The number of carbonyl (C=O) groups is 5. The predicted octanol–water partition coefficient (Wildman–Crippen LogP) is -1.01. The van der Waals surface area contributed by atoms with Gasteiger partial charge in [0.15, 0.2) is 18.4 Å². The molecule has 0 aromatic carbocycles. The number of amides is 1. The maximum absolute atomic E-state index is 11.5. The third-order valence-corrected chi connectivity index (χ3v) is 3.56. The number of rotatable bonds is 7. The van der Waals surface area contributed by atoms with E-state index in [1.807, 2.05) is 0 Å². The van der Waals surface area contributed by atoms with Gasteiger partial charge in [0, 0.05) is 43.7 Å². The van der Waals surface area contributed by atoms with Gasteiger partial charge in [0.05, 0.1) is 13.2 Å². The van der Waals surface area contributed by atoms with Crippen molar-refractivity contribution in [2.75, 3.05) is 13.2 Å². The number of alkyl carbamates (subject to hydrolysis) is 1. The molecule has 165 valence electrons. The molecule has 2 heterocycles. The number of hydrogen-bond donors (Lipinski definition) is 1. The summed E-state index contributed by atoms with van der Waals surface area (Å²) in [4.78, 5) is 56.5. The number of carbonyl (C=O) groups excluding carboxylic acids is 5. The van der Waals surface area contributed by atoms with Gasteiger partial charge in [0.2, 0.25) is 0 Å². The van der Waals surface area contributed by atoms with Crippen molar-refractivity contribution in [3.63, 3.8) is 0 Å². The second kappa shape index (κ2) is 11.1. The summed E-state index contributed by atoms with van der Waals surface area (Å²) in [5, 5.41) is 2.23. The maximum atomic E-state index is 11.5. The molecule has 1 radical (unpaired) electrons. The van der Waals surface area contributed by atoms with Crippen molar-refractivity contribution in [1.29, 1.82) is 0 Å². The Kier molecular flexibility index (Phi) is 9.49. The van der Waals surface area contributed by atoms with Crippen molar-refractivity contribution >= 4 is 30.0 Å². The Morgan fingerprint density at radius 3 is 2.21 bits per heavy atom. The van der Waals surface area contributed by atoms with Crippen LogP contribution in [0.2, 0.25) is 0 Å². The van der Waals surface area contributed by atoms with Crippen molar-refractivity contribution in [1.82, 2.24) is 5.32 Å². The zero-order chi connectivity index (χ0) is 20.8. The summed E-state index contributed by atoms with van der Waals surface area (Å²) < 4.78 is 30.6. The van der Waals surface area contributed by atoms with E-state index in [1.54, 1.807) is 0 Å². The van der Waals surface area contributed by atoms with Crippen LogP contribution in [0.25, 0.3) is 0 Å². The SMILES string of the molecule is CC(=O)OCC1[CH-]C(OC(C)=O)C(OC(C)=O)C(OCC2NC(=O)OC2=O)O1.[Co]. The van der Waals surface area contributed by atoms with E-state index in [1.165, 1.54) is 13.3 Å². The Labute approximate surface area is 176 Å². The van der Waals surface area contributed by atoms with E-state index in [9.17, 15) is 24.0 Å². The zero-order valence-electron chi connectivity index (χ0n) is 15.7. The van der Waals surface area contributed by atoms with E-state index in [0.29, 0.717) is 0 Å². The quantitative estimate of drug-likeness (QED) is 0.215. The zero-order valence-corrected chi connectivity index (χ0v) is 16.7. The van der Waals surface area contributed by atoms with Gasteiger partial charge in [-0.3, -0.25) is 20.8 Å². The van der Waals surface area contributed by atoms with Crippen LogP contribution in [0.5, 0.6) is 0 Å². The van der Waals surface area contributed by atoms with Crippen molar-refractivity contribution in [2.45, 2.75) is 51.4 Å². The number of cyclic esters (lactones) is 2. The molecule has 29 heavy (non-hydrogen) atoms. The first-order valence-corrected chi connectivity index (χ1v) is 8.27. The van der Waals surface area contributed by atoms with E-state index < -0.39 is 60.6 Å². The molecule has 2 aliphatic rings. The van der Waals surface area contributed by atoms with E-state index in [2.05, 4.69) is 10.1 Å². The first-order chi connectivity index (χ1) is 13.2. The second-order valence-electron chi connectivity index (χ2n) is 5.92. The standard InChI is InChI=1S/C16H20NO11.Co/c1-7(18)23-5-10-4-12(25-8(2)19)13(26-9(3)20)15(27-10)24-6-11-14(21)28-16(22)17-11;/h4,10-13,15H,5-6H2,1-3H3,(H,17,22);/q-1;. The van der Waals surface area contributed by atoms with Crippen LogP contribution in [0.4, 0.5) is 4.79 Å². The van der Waals surface area contributed by atoms with E-state index in [4.69, 9.17) is 23.7 Å². The molecule has 5 unspecified atom stereocenters. The fraction of sp³-hybridized carbons (Fsp3) is 0.625. The summed E-state index contributed by atoms with van der Waals surface area (Å²) in [6.07, 6.45) is -3.92. The van der Waals surface area contributed by atoms with Gasteiger partial charge in [-0.15, -0.1) is 0 Å². The van der Waals surface area contributed by atoms with Crippen molar-refractivity contribution in [3.05, 3.63) is 6.42 Å². The van der Waals surface area contributed by atoms with Crippen LogP contribution in [-0.2, 0) is 64.4 Å². The Morgan fingerprint density at radius 2 is 1.69 bits per heavy atom.